The number of hydrogen-bond donors (Lipinski definition) is 3. The molecule has 0 aliphatic carbocycles. The van der Waals surface area contributed by atoms with E-state index in [1.807, 2.05) is 0 Å². The first-order valence-corrected chi connectivity index (χ1v) is 5.60. The molecule has 2 heterocycles. The number of primary amides is 1. The van der Waals surface area contributed by atoms with E-state index in [9.17, 15) is 9.90 Å². The number of nitrogens with one attached hydrogen (secondary N) is 1. The zero-order valence-electron chi connectivity index (χ0n) is 8.85. The number of nitrogens with two attached hydrogens (primary N) is 1. The second-order valence-corrected chi connectivity index (χ2v) is 4.51. The van der Waals surface area contributed by atoms with Gasteiger partial charge in [-0.15, -0.1) is 0 Å². The third-order valence-corrected chi connectivity index (χ3v) is 3.55. The Kier molecular flexibility index (Phi) is 3.23. The molecule has 2 aliphatic heterocycles. The highest BCUT2D eigenvalue weighted by Crippen LogP contribution is 2.20. The number of carbonyl (C=O) groups excluding carboxylic acids is 1. The molecule has 2 saturated heterocycles. The molecule has 0 bridgehead atoms. The number of aliphatic hydroxyl groups excluding tert-OH is 1. The number of amides is 1. The molecule has 15 heavy (non-hydrogen) atoms. The Labute approximate surface area is 89.6 Å². The van der Waals surface area contributed by atoms with Crippen LogP contribution in [0.2, 0.25) is 0 Å². The number of likely N-dealkylation sites (tertiary alicyclic amines) is 1. The maximum atomic E-state index is 11.0. The molecule has 0 radical (unpaired) electrons. The molecule has 2 rings (SSSR count). The lowest BCUT2D eigenvalue weighted by Gasteiger charge is -2.35. The molecule has 5 heteroatoms. The summed E-state index contributed by atoms with van der Waals surface area (Å²) in [6, 6.07) is 0.221. The van der Waals surface area contributed by atoms with E-state index < -0.39 is 0 Å². The Morgan fingerprint density at radius 2 is 2.00 bits per heavy atom. The molecule has 2 unspecified atom stereocenters. The van der Waals surface area contributed by atoms with E-state index in [2.05, 4.69) is 10.2 Å². The second kappa shape index (κ2) is 4.47. The molecular formula is C10H19N3O2. The quantitative estimate of drug-likeness (QED) is 0.522. The summed E-state index contributed by atoms with van der Waals surface area (Å²) in [5.74, 6) is -0.146. The lowest BCUT2D eigenvalue weighted by atomic mass is 9.95. The number of hydrogen-bond acceptors (Lipinski definition) is 4. The highest BCUT2D eigenvalue weighted by atomic mass is 16.3. The first kappa shape index (κ1) is 10.9. The summed E-state index contributed by atoms with van der Waals surface area (Å²) in [5.41, 5.74) is 5.27. The van der Waals surface area contributed by atoms with Crippen molar-refractivity contribution < 1.29 is 9.90 Å². The van der Waals surface area contributed by atoms with E-state index in [4.69, 9.17) is 5.73 Å². The van der Waals surface area contributed by atoms with Gasteiger partial charge in [-0.25, -0.2) is 0 Å². The van der Waals surface area contributed by atoms with Crippen molar-refractivity contribution in [3.05, 3.63) is 0 Å². The number of carbonyl (C=O) groups is 1. The molecule has 2 fully saturated rings. The van der Waals surface area contributed by atoms with Crippen molar-refractivity contribution in [3.8, 4) is 0 Å². The Morgan fingerprint density at radius 1 is 1.33 bits per heavy atom. The summed E-state index contributed by atoms with van der Waals surface area (Å²) in [7, 11) is 0. The molecule has 2 aliphatic rings. The van der Waals surface area contributed by atoms with Gasteiger partial charge >= 0.3 is 0 Å². The molecule has 5 nitrogen and oxygen atoms in total. The monoisotopic (exact) mass is 213 g/mol. The van der Waals surface area contributed by atoms with Crippen molar-refractivity contribution in [1.29, 1.82) is 0 Å². The maximum Gasteiger partial charge on any atom is 0.220 e. The summed E-state index contributed by atoms with van der Waals surface area (Å²) >= 11 is 0. The minimum Gasteiger partial charge on any atom is -0.390 e. The van der Waals surface area contributed by atoms with Crippen molar-refractivity contribution in [3.63, 3.8) is 0 Å². The Morgan fingerprint density at radius 3 is 2.47 bits per heavy atom. The van der Waals surface area contributed by atoms with Crippen LogP contribution in [0.4, 0.5) is 0 Å². The molecule has 0 spiro atoms. The van der Waals surface area contributed by atoms with Gasteiger partial charge in [0.25, 0.3) is 0 Å². The molecule has 4 N–H and O–H groups in total. The lowest BCUT2D eigenvalue weighted by molar-refractivity contribution is -0.123. The standard InChI is InChI=1S/C10H19N3O2/c11-10(15)7-1-3-13(4-2-7)8-5-12-6-9(8)14/h7-9,12,14H,1-6H2,(H2,11,15). The largest absolute Gasteiger partial charge is 0.390 e. The van der Waals surface area contributed by atoms with Gasteiger partial charge in [0.05, 0.1) is 6.10 Å². The number of piperidine rings is 1. The molecule has 86 valence electrons. The fourth-order valence-corrected chi connectivity index (χ4v) is 2.54. The molecule has 1 amide bonds. The second-order valence-electron chi connectivity index (χ2n) is 4.51. The van der Waals surface area contributed by atoms with Crippen molar-refractivity contribution in [2.45, 2.75) is 25.0 Å². The normalized spacial score (nSPS) is 34.5. The van der Waals surface area contributed by atoms with Gasteiger partial charge in [0.1, 0.15) is 0 Å². The average molecular weight is 213 g/mol. The van der Waals surface area contributed by atoms with Crippen LogP contribution in [0.5, 0.6) is 0 Å². The summed E-state index contributed by atoms with van der Waals surface area (Å²) in [5, 5.41) is 12.9. The molecule has 0 aromatic rings. The fraction of sp³-hybridized carbons (Fsp3) is 0.900. The minimum atomic E-state index is -0.268. The number of rotatable bonds is 2. The van der Waals surface area contributed by atoms with E-state index in [1.165, 1.54) is 0 Å². The van der Waals surface area contributed by atoms with E-state index >= 15 is 0 Å². The van der Waals surface area contributed by atoms with Crippen molar-refractivity contribution in [2.24, 2.45) is 11.7 Å². The van der Waals surface area contributed by atoms with Crippen LogP contribution in [-0.2, 0) is 4.79 Å². The van der Waals surface area contributed by atoms with Crippen LogP contribution in [0.25, 0.3) is 0 Å². The SMILES string of the molecule is NC(=O)C1CCN(C2CNCC2O)CC1. The van der Waals surface area contributed by atoms with Gasteiger partial charge in [-0.2, -0.15) is 0 Å². The summed E-state index contributed by atoms with van der Waals surface area (Å²) in [4.78, 5) is 13.3. The first-order chi connectivity index (χ1) is 7.18. The van der Waals surface area contributed by atoms with Gasteiger partial charge in [-0.1, -0.05) is 0 Å². The Bertz CT molecular complexity index is 239. The van der Waals surface area contributed by atoms with Crippen molar-refractivity contribution >= 4 is 5.91 Å². The molecule has 0 aromatic carbocycles. The number of nitrogens with zero attached hydrogens (tertiary/aromatic N) is 1. The number of β-amino-alcohol motifs (C(OH)–C–C–N with tert-alkyl or cyclic N) is 1. The predicted octanol–water partition coefficient (Wildman–Crippen LogP) is -1.48. The van der Waals surface area contributed by atoms with Crippen LogP contribution in [0.3, 0.4) is 0 Å². The van der Waals surface area contributed by atoms with Gasteiger partial charge in [0.2, 0.25) is 5.91 Å². The highest BCUT2D eigenvalue weighted by Gasteiger charge is 2.33. The molecule has 0 aromatic heterocycles. The van der Waals surface area contributed by atoms with Crippen LogP contribution >= 0.6 is 0 Å². The van der Waals surface area contributed by atoms with Gasteiger partial charge in [0.15, 0.2) is 0 Å². The smallest absolute Gasteiger partial charge is 0.220 e. The molecular weight excluding hydrogens is 194 g/mol. The minimum absolute atomic E-state index is 0.0350. The van der Waals surface area contributed by atoms with Gasteiger partial charge < -0.3 is 16.2 Å². The maximum absolute atomic E-state index is 11.0. The Balaban J connectivity index is 1.85. The van der Waals surface area contributed by atoms with Crippen LogP contribution in [0.15, 0.2) is 0 Å². The van der Waals surface area contributed by atoms with E-state index in [1.54, 1.807) is 0 Å². The fourth-order valence-electron chi connectivity index (χ4n) is 2.54. The summed E-state index contributed by atoms with van der Waals surface area (Å²) < 4.78 is 0. The van der Waals surface area contributed by atoms with Crippen LogP contribution in [-0.4, -0.2) is 54.2 Å². The predicted molar refractivity (Wildman–Crippen MR) is 56.2 cm³/mol. The average Bonchev–Trinajstić information content (AvgIpc) is 2.65. The molecule has 0 saturated carbocycles. The zero-order chi connectivity index (χ0) is 10.8. The van der Waals surface area contributed by atoms with Crippen molar-refractivity contribution in [2.75, 3.05) is 26.2 Å². The molecule has 2 atom stereocenters. The summed E-state index contributed by atoms with van der Waals surface area (Å²) in [6.07, 6.45) is 1.40. The topological polar surface area (TPSA) is 78.6 Å². The Hall–Kier alpha value is -0.650. The lowest BCUT2D eigenvalue weighted by Crippen LogP contribution is -2.48. The third kappa shape index (κ3) is 2.30. The van der Waals surface area contributed by atoms with Crippen LogP contribution < -0.4 is 11.1 Å². The zero-order valence-corrected chi connectivity index (χ0v) is 8.85. The summed E-state index contributed by atoms with van der Waals surface area (Å²) in [6.45, 7) is 3.27. The first-order valence-electron chi connectivity index (χ1n) is 5.60. The van der Waals surface area contributed by atoms with Crippen molar-refractivity contribution in [1.82, 2.24) is 10.2 Å². The van der Waals surface area contributed by atoms with Gasteiger partial charge in [-0.05, 0) is 25.9 Å². The third-order valence-electron chi connectivity index (χ3n) is 3.55. The van der Waals surface area contributed by atoms with Crippen LogP contribution in [0.1, 0.15) is 12.8 Å². The van der Waals surface area contributed by atoms with Gasteiger partial charge in [0, 0.05) is 25.0 Å². The van der Waals surface area contributed by atoms with E-state index in [-0.39, 0.29) is 24.0 Å². The van der Waals surface area contributed by atoms with E-state index in [0.29, 0.717) is 6.54 Å². The van der Waals surface area contributed by atoms with Gasteiger partial charge in [-0.3, -0.25) is 9.69 Å². The van der Waals surface area contributed by atoms with Crippen LogP contribution in [0, 0.1) is 5.92 Å². The number of aliphatic hydroxyl groups is 1. The highest BCUT2D eigenvalue weighted by molar-refractivity contribution is 5.76. The van der Waals surface area contributed by atoms with E-state index in [0.717, 1.165) is 32.5 Å².